The number of anilines is 2. The number of amides is 3. The Morgan fingerprint density at radius 1 is 1.03 bits per heavy atom. The maximum absolute atomic E-state index is 12.8. The third-order valence-electron chi connectivity index (χ3n) is 5.21. The number of benzene rings is 2. The van der Waals surface area contributed by atoms with Crippen molar-refractivity contribution in [3.8, 4) is 0 Å². The van der Waals surface area contributed by atoms with Crippen LogP contribution in [-0.4, -0.2) is 24.3 Å². The van der Waals surface area contributed by atoms with Gasteiger partial charge in [0.05, 0.1) is 4.88 Å². The topological polar surface area (TPSA) is 78.5 Å². The molecule has 31 heavy (non-hydrogen) atoms. The predicted octanol–water partition coefficient (Wildman–Crippen LogP) is 3.90. The van der Waals surface area contributed by atoms with Gasteiger partial charge in [0, 0.05) is 24.5 Å². The van der Waals surface area contributed by atoms with Crippen LogP contribution in [0.2, 0.25) is 0 Å². The maximum atomic E-state index is 12.8. The number of thiophene rings is 1. The van der Waals surface area contributed by atoms with Crippen LogP contribution in [0.1, 0.15) is 32.8 Å². The van der Waals surface area contributed by atoms with Gasteiger partial charge in [-0.1, -0.05) is 35.9 Å². The van der Waals surface area contributed by atoms with Crippen LogP contribution in [-0.2, 0) is 22.6 Å². The Balaban J connectivity index is 1.40. The number of carbonyl (C=O) groups excluding carboxylic acids is 3. The smallest absolute Gasteiger partial charge is 0.313 e. The van der Waals surface area contributed by atoms with Gasteiger partial charge in [-0.3, -0.25) is 14.4 Å². The normalized spacial score (nSPS) is 12.7. The monoisotopic (exact) mass is 433 g/mol. The minimum atomic E-state index is -0.714. The van der Waals surface area contributed by atoms with Gasteiger partial charge in [-0.05, 0) is 60.5 Å². The minimum absolute atomic E-state index is 0.0109. The minimum Gasteiger partial charge on any atom is -0.344 e. The Hall–Kier alpha value is -3.45. The van der Waals surface area contributed by atoms with Crippen LogP contribution >= 0.6 is 11.3 Å². The lowest BCUT2D eigenvalue weighted by atomic mass is 10.0. The number of nitrogens with zero attached hydrogens (tertiary/aromatic N) is 1. The van der Waals surface area contributed by atoms with Crippen molar-refractivity contribution < 1.29 is 14.4 Å². The molecule has 7 heteroatoms. The summed E-state index contributed by atoms with van der Waals surface area (Å²) in [6.07, 6.45) is 1.66. The van der Waals surface area contributed by atoms with Crippen molar-refractivity contribution in [2.24, 2.45) is 0 Å². The first kappa shape index (κ1) is 20.8. The first-order chi connectivity index (χ1) is 15.0. The van der Waals surface area contributed by atoms with E-state index in [1.807, 2.05) is 60.8 Å². The fourth-order valence-electron chi connectivity index (χ4n) is 3.58. The number of nitrogens with one attached hydrogen (secondary N) is 2. The Kier molecular flexibility index (Phi) is 6.13. The highest BCUT2D eigenvalue weighted by atomic mass is 32.1. The summed E-state index contributed by atoms with van der Waals surface area (Å²) < 4.78 is 0. The summed E-state index contributed by atoms with van der Waals surface area (Å²) in [5.41, 5.74) is 4.44. The molecular weight excluding hydrogens is 410 g/mol. The second-order valence-corrected chi connectivity index (χ2v) is 8.45. The number of carbonyl (C=O) groups is 3. The molecule has 0 atom stereocenters. The van der Waals surface area contributed by atoms with Gasteiger partial charge in [-0.2, -0.15) is 0 Å². The molecule has 1 aliphatic rings. The van der Waals surface area contributed by atoms with E-state index < -0.39 is 11.8 Å². The molecule has 0 saturated carbocycles. The average Bonchev–Trinajstić information content (AvgIpc) is 3.32. The number of hydrogen-bond acceptors (Lipinski definition) is 4. The lowest BCUT2D eigenvalue weighted by Gasteiger charge is -2.29. The maximum Gasteiger partial charge on any atom is 0.313 e. The second kappa shape index (κ2) is 9.14. The van der Waals surface area contributed by atoms with Crippen LogP contribution in [0.4, 0.5) is 11.4 Å². The fraction of sp³-hybridized carbons (Fsp3) is 0.208. The molecule has 0 saturated heterocycles. The molecule has 0 radical (unpaired) electrons. The van der Waals surface area contributed by atoms with Crippen LogP contribution < -0.4 is 15.5 Å². The number of aryl methyl sites for hydroxylation is 2. The van der Waals surface area contributed by atoms with Gasteiger partial charge in [0.1, 0.15) is 0 Å². The highest BCUT2D eigenvalue weighted by Crippen LogP contribution is 2.31. The van der Waals surface area contributed by atoms with Gasteiger partial charge in [0.25, 0.3) is 5.91 Å². The van der Waals surface area contributed by atoms with Gasteiger partial charge in [0.15, 0.2) is 0 Å². The van der Waals surface area contributed by atoms with Crippen molar-refractivity contribution in [3.63, 3.8) is 0 Å². The van der Waals surface area contributed by atoms with Crippen molar-refractivity contribution in [1.29, 1.82) is 0 Å². The van der Waals surface area contributed by atoms with Gasteiger partial charge >= 0.3 is 11.8 Å². The third kappa shape index (κ3) is 4.83. The summed E-state index contributed by atoms with van der Waals surface area (Å²) in [6.45, 7) is 2.94. The van der Waals surface area contributed by atoms with E-state index in [1.165, 1.54) is 11.3 Å². The van der Waals surface area contributed by atoms with E-state index in [1.54, 1.807) is 11.0 Å². The highest BCUT2D eigenvalue weighted by molar-refractivity contribution is 7.12. The van der Waals surface area contributed by atoms with Gasteiger partial charge in [-0.25, -0.2) is 0 Å². The SMILES string of the molecule is Cc1ccc(CNC(=O)C(=O)Nc2ccc3c(c2)CCCN3C(=O)c2cccs2)cc1. The second-order valence-electron chi connectivity index (χ2n) is 7.50. The Morgan fingerprint density at radius 3 is 2.58 bits per heavy atom. The molecule has 2 N–H and O–H groups in total. The van der Waals surface area contributed by atoms with Gasteiger partial charge in [-0.15, -0.1) is 11.3 Å². The molecule has 1 aliphatic heterocycles. The molecule has 158 valence electrons. The molecular formula is C24H23N3O3S. The summed E-state index contributed by atoms with van der Waals surface area (Å²) in [7, 11) is 0. The van der Waals surface area contributed by atoms with Gasteiger partial charge in [0.2, 0.25) is 0 Å². The first-order valence-corrected chi connectivity index (χ1v) is 11.0. The first-order valence-electron chi connectivity index (χ1n) is 10.1. The summed E-state index contributed by atoms with van der Waals surface area (Å²) in [5.74, 6) is -1.41. The van der Waals surface area contributed by atoms with Crippen molar-refractivity contribution in [2.75, 3.05) is 16.8 Å². The van der Waals surface area contributed by atoms with Crippen molar-refractivity contribution in [3.05, 3.63) is 81.5 Å². The molecule has 6 nitrogen and oxygen atoms in total. The van der Waals surface area contributed by atoms with E-state index >= 15 is 0 Å². The van der Waals surface area contributed by atoms with Crippen LogP contribution in [0.25, 0.3) is 0 Å². The van der Waals surface area contributed by atoms with E-state index in [9.17, 15) is 14.4 Å². The summed E-state index contributed by atoms with van der Waals surface area (Å²) >= 11 is 1.43. The largest absolute Gasteiger partial charge is 0.344 e. The van der Waals surface area contributed by atoms with Crippen LogP contribution in [0.5, 0.6) is 0 Å². The standard InChI is InChI=1S/C24H23N3O3S/c1-16-6-8-17(9-7-16)15-25-22(28)23(29)26-19-10-11-20-18(14-19)4-2-12-27(20)24(30)21-5-3-13-31-21/h3,5-11,13-14H,2,4,12,15H2,1H3,(H,25,28)(H,26,29). The van der Waals surface area contributed by atoms with E-state index in [-0.39, 0.29) is 12.5 Å². The zero-order valence-corrected chi connectivity index (χ0v) is 18.0. The molecule has 0 aliphatic carbocycles. The Labute approximate surface area is 184 Å². The third-order valence-corrected chi connectivity index (χ3v) is 6.07. The summed E-state index contributed by atoms with van der Waals surface area (Å²) in [4.78, 5) is 39.8. The molecule has 0 bridgehead atoms. The fourth-order valence-corrected chi connectivity index (χ4v) is 4.25. The van der Waals surface area contributed by atoms with E-state index in [0.717, 1.165) is 35.2 Å². The highest BCUT2D eigenvalue weighted by Gasteiger charge is 2.24. The zero-order valence-electron chi connectivity index (χ0n) is 17.2. The van der Waals surface area contributed by atoms with Crippen molar-refractivity contribution in [2.45, 2.75) is 26.3 Å². The van der Waals surface area contributed by atoms with Crippen molar-refractivity contribution in [1.82, 2.24) is 5.32 Å². The van der Waals surface area contributed by atoms with E-state index in [2.05, 4.69) is 10.6 Å². The molecule has 0 fully saturated rings. The van der Waals surface area contributed by atoms with E-state index in [4.69, 9.17) is 0 Å². The number of fused-ring (bicyclic) bond motifs is 1. The van der Waals surface area contributed by atoms with Crippen LogP contribution in [0.3, 0.4) is 0 Å². The Morgan fingerprint density at radius 2 is 1.84 bits per heavy atom. The summed E-state index contributed by atoms with van der Waals surface area (Å²) in [5, 5.41) is 7.18. The molecule has 2 heterocycles. The number of hydrogen-bond donors (Lipinski definition) is 2. The number of rotatable bonds is 4. The molecule has 2 aromatic carbocycles. The zero-order chi connectivity index (χ0) is 21.8. The lowest BCUT2D eigenvalue weighted by molar-refractivity contribution is -0.136. The molecule has 4 rings (SSSR count). The molecule has 0 unspecified atom stereocenters. The average molecular weight is 434 g/mol. The molecule has 1 aromatic heterocycles. The summed E-state index contributed by atoms with van der Waals surface area (Å²) in [6, 6.07) is 16.8. The van der Waals surface area contributed by atoms with Crippen LogP contribution in [0, 0.1) is 6.92 Å². The van der Waals surface area contributed by atoms with Crippen LogP contribution in [0.15, 0.2) is 60.0 Å². The lowest BCUT2D eigenvalue weighted by Crippen LogP contribution is -2.36. The quantitative estimate of drug-likeness (QED) is 0.613. The molecule has 0 spiro atoms. The van der Waals surface area contributed by atoms with E-state index in [0.29, 0.717) is 17.1 Å². The molecule has 3 amide bonds. The van der Waals surface area contributed by atoms with Gasteiger partial charge < -0.3 is 15.5 Å². The predicted molar refractivity (Wildman–Crippen MR) is 122 cm³/mol. The molecule has 3 aromatic rings. The van der Waals surface area contributed by atoms with Crippen molar-refractivity contribution >= 4 is 40.4 Å². The Bertz CT molecular complexity index is 1110.